The number of nitrogens with zero attached hydrogens (tertiary/aromatic N) is 2. The minimum absolute atomic E-state index is 0.244. The first-order chi connectivity index (χ1) is 15.7. The number of unbranched alkanes of at least 4 members (excludes halogenated alkanes) is 8. The maximum atomic E-state index is 13.1. The van der Waals surface area contributed by atoms with Crippen LogP contribution in [-0.2, 0) is 17.6 Å². The number of hydrogen-bond acceptors (Lipinski definition) is 3. The van der Waals surface area contributed by atoms with E-state index in [2.05, 4.69) is 41.2 Å². The van der Waals surface area contributed by atoms with E-state index in [9.17, 15) is 4.39 Å². The van der Waals surface area contributed by atoms with Crippen molar-refractivity contribution in [3.63, 3.8) is 0 Å². The van der Waals surface area contributed by atoms with Gasteiger partial charge in [0.05, 0.1) is 6.61 Å². The summed E-state index contributed by atoms with van der Waals surface area (Å²) in [6.07, 6.45) is 18.3. The van der Waals surface area contributed by atoms with Gasteiger partial charge >= 0.3 is 0 Å². The molecule has 2 rings (SSSR count). The molecular formula is C28H43FN2O. The molecule has 1 aromatic carbocycles. The number of rotatable bonds is 18. The van der Waals surface area contributed by atoms with E-state index in [1.165, 1.54) is 62.5 Å². The highest BCUT2D eigenvalue weighted by molar-refractivity contribution is 5.55. The van der Waals surface area contributed by atoms with Crippen LogP contribution in [0.4, 0.5) is 4.39 Å². The van der Waals surface area contributed by atoms with Crippen LogP contribution in [0.15, 0.2) is 36.7 Å². The zero-order valence-corrected chi connectivity index (χ0v) is 20.3. The van der Waals surface area contributed by atoms with Gasteiger partial charge in [-0.05, 0) is 49.7 Å². The van der Waals surface area contributed by atoms with Crippen LogP contribution in [-0.4, -0.2) is 29.4 Å². The maximum Gasteiger partial charge on any atom is 0.159 e. The lowest BCUT2D eigenvalue weighted by Gasteiger charge is -2.07. The molecule has 1 atom stereocenters. The quantitative estimate of drug-likeness (QED) is 0.220. The zero-order valence-electron chi connectivity index (χ0n) is 20.3. The fourth-order valence-electron chi connectivity index (χ4n) is 3.78. The van der Waals surface area contributed by atoms with Crippen LogP contribution in [0.2, 0.25) is 0 Å². The monoisotopic (exact) mass is 442 g/mol. The van der Waals surface area contributed by atoms with Crippen molar-refractivity contribution in [1.29, 1.82) is 0 Å². The third kappa shape index (κ3) is 11.2. The first-order valence-corrected chi connectivity index (χ1v) is 12.8. The van der Waals surface area contributed by atoms with Gasteiger partial charge in [0, 0.05) is 24.6 Å². The van der Waals surface area contributed by atoms with E-state index in [-0.39, 0.29) is 6.61 Å². The predicted molar refractivity (Wildman–Crippen MR) is 133 cm³/mol. The van der Waals surface area contributed by atoms with E-state index in [1.807, 2.05) is 19.3 Å². The molecule has 0 aliphatic heterocycles. The molecule has 1 heterocycles. The van der Waals surface area contributed by atoms with Gasteiger partial charge in [0.25, 0.3) is 0 Å². The van der Waals surface area contributed by atoms with Crippen LogP contribution < -0.4 is 0 Å². The summed E-state index contributed by atoms with van der Waals surface area (Å²) in [5.41, 5.74) is 3.67. The SMILES string of the molecule is CCCCCCCCc1cnc(-c2ccc(CCCCCCOCC(F)CC)cc2)nc1. The number of halogens is 1. The average molecular weight is 443 g/mol. The van der Waals surface area contributed by atoms with Gasteiger partial charge in [0.15, 0.2) is 5.82 Å². The minimum Gasteiger partial charge on any atom is -0.378 e. The molecule has 0 saturated heterocycles. The first kappa shape index (κ1) is 26.4. The Balaban J connectivity index is 1.61. The van der Waals surface area contributed by atoms with E-state index >= 15 is 0 Å². The Hall–Kier alpha value is -1.81. The Kier molecular flexibility index (Phi) is 13.9. The van der Waals surface area contributed by atoms with Crippen molar-refractivity contribution < 1.29 is 9.13 Å². The van der Waals surface area contributed by atoms with Gasteiger partial charge in [0.2, 0.25) is 0 Å². The second-order valence-electron chi connectivity index (χ2n) is 8.87. The van der Waals surface area contributed by atoms with Crippen LogP contribution in [0, 0.1) is 0 Å². The molecule has 1 aromatic heterocycles. The minimum atomic E-state index is -0.814. The van der Waals surface area contributed by atoms with Gasteiger partial charge in [-0.3, -0.25) is 0 Å². The summed E-state index contributed by atoms with van der Waals surface area (Å²) in [5.74, 6) is 0.807. The zero-order chi connectivity index (χ0) is 22.9. The molecule has 0 amide bonds. The summed E-state index contributed by atoms with van der Waals surface area (Å²) in [6.45, 7) is 5.02. The molecule has 32 heavy (non-hydrogen) atoms. The lowest BCUT2D eigenvalue weighted by atomic mass is 10.0. The van der Waals surface area contributed by atoms with Crippen LogP contribution in [0.25, 0.3) is 11.4 Å². The van der Waals surface area contributed by atoms with Crippen molar-refractivity contribution >= 4 is 0 Å². The van der Waals surface area contributed by atoms with Gasteiger partial charge in [-0.25, -0.2) is 14.4 Å². The summed E-state index contributed by atoms with van der Waals surface area (Å²) >= 11 is 0. The smallest absolute Gasteiger partial charge is 0.159 e. The van der Waals surface area contributed by atoms with E-state index in [1.54, 1.807) is 0 Å². The highest BCUT2D eigenvalue weighted by atomic mass is 19.1. The fraction of sp³-hybridized carbons (Fsp3) is 0.643. The summed E-state index contributed by atoms with van der Waals surface area (Å²) < 4.78 is 18.4. The number of hydrogen-bond donors (Lipinski definition) is 0. The topological polar surface area (TPSA) is 35.0 Å². The van der Waals surface area contributed by atoms with Gasteiger partial charge in [-0.15, -0.1) is 0 Å². The van der Waals surface area contributed by atoms with Gasteiger partial charge < -0.3 is 4.74 Å². The van der Waals surface area contributed by atoms with Crippen molar-refractivity contribution in [2.24, 2.45) is 0 Å². The third-order valence-electron chi connectivity index (χ3n) is 5.98. The van der Waals surface area contributed by atoms with Crippen molar-refractivity contribution in [2.75, 3.05) is 13.2 Å². The normalized spacial score (nSPS) is 12.2. The molecule has 0 saturated carbocycles. The Morgan fingerprint density at radius 3 is 2.00 bits per heavy atom. The highest BCUT2D eigenvalue weighted by Gasteiger charge is 2.04. The third-order valence-corrected chi connectivity index (χ3v) is 5.98. The first-order valence-electron chi connectivity index (χ1n) is 12.8. The van der Waals surface area contributed by atoms with Crippen molar-refractivity contribution in [3.8, 4) is 11.4 Å². The standard InChI is InChI=1S/C28H43FN2O/c1-3-5-6-7-8-12-15-25-21-30-28(31-22-25)26-18-16-24(17-19-26)14-11-9-10-13-20-32-23-27(29)4-2/h16-19,21-22,27H,3-15,20,23H2,1-2H3. The van der Waals surface area contributed by atoms with E-state index in [0.717, 1.165) is 37.1 Å². The van der Waals surface area contributed by atoms with E-state index < -0.39 is 6.17 Å². The Morgan fingerprint density at radius 2 is 1.34 bits per heavy atom. The second kappa shape index (κ2) is 16.8. The average Bonchev–Trinajstić information content (AvgIpc) is 2.83. The molecule has 0 spiro atoms. The highest BCUT2D eigenvalue weighted by Crippen LogP contribution is 2.18. The lowest BCUT2D eigenvalue weighted by Crippen LogP contribution is -2.09. The molecule has 3 nitrogen and oxygen atoms in total. The van der Waals surface area contributed by atoms with Crippen LogP contribution in [0.1, 0.15) is 95.6 Å². The van der Waals surface area contributed by atoms with Crippen LogP contribution in [0.5, 0.6) is 0 Å². The predicted octanol–water partition coefficient (Wildman–Crippen LogP) is 7.91. The second-order valence-corrected chi connectivity index (χ2v) is 8.87. The Labute approximate surface area is 195 Å². The van der Waals surface area contributed by atoms with Crippen LogP contribution >= 0.6 is 0 Å². The Morgan fingerprint density at radius 1 is 0.750 bits per heavy atom. The van der Waals surface area contributed by atoms with Gasteiger partial charge in [0.1, 0.15) is 6.17 Å². The number of alkyl halides is 1. The summed E-state index contributed by atoms with van der Waals surface area (Å²) in [5, 5.41) is 0. The number of aromatic nitrogens is 2. The number of ether oxygens (including phenoxy) is 1. The number of benzene rings is 1. The van der Waals surface area contributed by atoms with Crippen molar-refractivity contribution in [2.45, 2.75) is 103 Å². The summed E-state index contributed by atoms with van der Waals surface area (Å²) in [4.78, 5) is 9.18. The maximum absolute atomic E-state index is 13.1. The van der Waals surface area contributed by atoms with Crippen LogP contribution in [0.3, 0.4) is 0 Å². The molecule has 1 unspecified atom stereocenters. The lowest BCUT2D eigenvalue weighted by molar-refractivity contribution is 0.0765. The molecule has 0 radical (unpaired) electrons. The fourth-order valence-corrected chi connectivity index (χ4v) is 3.78. The molecule has 0 aliphatic carbocycles. The van der Waals surface area contributed by atoms with E-state index in [0.29, 0.717) is 13.0 Å². The largest absolute Gasteiger partial charge is 0.378 e. The Bertz CT molecular complexity index is 702. The van der Waals surface area contributed by atoms with Crippen molar-refractivity contribution in [3.05, 3.63) is 47.8 Å². The van der Waals surface area contributed by atoms with E-state index in [4.69, 9.17) is 4.74 Å². The molecule has 0 N–H and O–H groups in total. The molecule has 178 valence electrons. The molecule has 0 aliphatic rings. The number of aryl methyl sites for hydroxylation is 2. The molecule has 0 fully saturated rings. The van der Waals surface area contributed by atoms with Gasteiger partial charge in [-0.2, -0.15) is 0 Å². The molecule has 0 bridgehead atoms. The summed E-state index contributed by atoms with van der Waals surface area (Å²) in [7, 11) is 0. The molecule has 4 heteroatoms. The van der Waals surface area contributed by atoms with Gasteiger partial charge in [-0.1, -0.05) is 83.1 Å². The van der Waals surface area contributed by atoms with Crippen molar-refractivity contribution in [1.82, 2.24) is 9.97 Å². The summed E-state index contributed by atoms with van der Waals surface area (Å²) in [6, 6.07) is 8.65. The molecule has 2 aromatic rings. The molecular weight excluding hydrogens is 399 g/mol.